The fourth-order valence-electron chi connectivity index (χ4n) is 4.28. The minimum absolute atomic E-state index is 0.342. The maximum Gasteiger partial charge on any atom is 0.336 e. The van der Waals surface area contributed by atoms with Gasteiger partial charge in [-0.3, -0.25) is 9.58 Å². The average Bonchev–Trinajstić information content (AvgIpc) is 3.17. The molecule has 0 saturated carbocycles. The van der Waals surface area contributed by atoms with Gasteiger partial charge in [0.15, 0.2) is 0 Å². The van der Waals surface area contributed by atoms with E-state index < -0.39 is 5.97 Å². The first-order valence-corrected chi connectivity index (χ1v) is 10.2. The molecule has 1 N–H and O–H groups in total. The molecule has 0 unspecified atom stereocenters. The van der Waals surface area contributed by atoms with Crippen LogP contribution in [0.1, 0.15) is 32.9 Å². The number of rotatable bonds is 4. The first kappa shape index (κ1) is 19.2. The second kappa shape index (κ2) is 7.81. The zero-order valence-corrected chi connectivity index (χ0v) is 17.2. The predicted molar refractivity (Wildman–Crippen MR) is 120 cm³/mol. The minimum Gasteiger partial charge on any atom is -0.478 e. The van der Waals surface area contributed by atoms with Crippen LogP contribution in [0.5, 0.6) is 0 Å². The molecule has 0 aliphatic carbocycles. The quantitative estimate of drug-likeness (QED) is 0.545. The van der Waals surface area contributed by atoms with Crippen LogP contribution in [0.4, 0.5) is 0 Å². The smallest absolute Gasteiger partial charge is 0.336 e. The third kappa shape index (κ3) is 3.62. The fourth-order valence-corrected chi connectivity index (χ4v) is 4.28. The Hall–Kier alpha value is -3.77. The molecule has 31 heavy (non-hydrogen) atoms. The van der Waals surface area contributed by atoms with Crippen molar-refractivity contribution in [3.8, 4) is 0 Å². The van der Waals surface area contributed by atoms with Gasteiger partial charge in [-0.1, -0.05) is 48.5 Å². The summed E-state index contributed by atoms with van der Waals surface area (Å²) in [6.45, 7) is 1.94. The number of nitrogens with zero attached hydrogens (tertiary/aromatic N) is 4. The van der Waals surface area contributed by atoms with Gasteiger partial charge in [0, 0.05) is 43.8 Å². The van der Waals surface area contributed by atoms with Crippen molar-refractivity contribution in [2.24, 2.45) is 7.05 Å². The Bertz CT molecular complexity index is 1310. The van der Waals surface area contributed by atoms with E-state index in [0.717, 1.165) is 29.1 Å². The molecule has 4 aromatic rings. The number of fused-ring (bicyclic) bond motifs is 2. The van der Waals surface area contributed by atoms with Crippen LogP contribution in [-0.4, -0.2) is 37.3 Å². The molecule has 5 rings (SSSR count). The van der Waals surface area contributed by atoms with Crippen molar-refractivity contribution in [3.05, 3.63) is 94.9 Å². The summed E-state index contributed by atoms with van der Waals surface area (Å²) in [4.78, 5) is 19.5. The summed E-state index contributed by atoms with van der Waals surface area (Å²) in [5, 5.41) is 15.1. The van der Waals surface area contributed by atoms with Crippen molar-refractivity contribution in [1.29, 1.82) is 0 Å². The molecule has 0 fully saturated rings. The second-order valence-electron chi connectivity index (χ2n) is 7.82. The third-order valence-corrected chi connectivity index (χ3v) is 5.72. The molecule has 1 aliphatic heterocycles. The van der Waals surface area contributed by atoms with Gasteiger partial charge >= 0.3 is 5.97 Å². The summed E-state index contributed by atoms with van der Waals surface area (Å²) < 4.78 is 1.81. The van der Waals surface area contributed by atoms with Crippen molar-refractivity contribution in [2.45, 2.75) is 13.1 Å². The van der Waals surface area contributed by atoms with Crippen LogP contribution in [0, 0.1) is 0 Å². The Labute approximate surface area is 180 Å². The van der Waals surface area contributed by atoms with Crippen LogP contribution in [0.15, 0.2) is 66.9 Å². The lowest BCUT2D eigenvalue weighted by Gasteiger charge is -2.31. The number of pyridine rings is 1. The van der Waals surface area contributed by atoms with Crippen LogP contribution in [0.25, 0.3) is 22.6 Å². The highest BCUT2D eigenvalue weighted by Crippen LogP contribution is 2.34. The van der Waals surface area contributed by atoms with Gasteiger partial charge in [0.1, 0.15) is 0 Å². The Morgan fingerprint density at radius 3 is 2.58 bits per heavy atom. The maximum absolute atomic E-state index is 12.3. The van der Waals surface area contributed by atoms with Gasteiger partial charge in [-0.15, -0.1) is 0 Å². The van der Waals surface area contributed by atoms with Crippen molar-refractivity contribution in [2.75, 3.05) is 6.54 Å². The van der Waals surface area contributed by atoms with Gasteiger partial charge in [-0.2, -0.15) is 5.10 Å². The van der Waals surface area contributed by atoms with E-state index in [-0.39, 0.29) is 0 Å². The normalized spacial score (nSPS) is 15.3. The average molecular weight is 410 g/mol. The van der Waals surface area contributed by atoms with E-state index in [2.05, 4.69) is 28.2 Å². The molecule has 1 aliphatic rings. The Kier molecular flexibility index (Phi) is 4.84. The maximum atomic E-state index is 12.3. The highest BCUT2D eigenvalue weighted by Gasteiger charge is 2.28. The lowest BCUT2D eigenvalue weighted by atomic mass is 9.92. The van der Waals surface area contributed by atoms with E-state index in [1.807, 2.05) is 60.3 Å². The summed E-state index contributed by atoms with van der Waals surface area (Å²) >= 11 is 0. The minimum atomic E-state index is -0.920. The lowest BCUT2D eigenvalue weighted by molar-refractivity contribution is 0.0696. The molecule has 0 amide bonds. The first-order valence-electron chi connectivity index (χ1n) is 10.2. The van der Waals surface area contributed by atoms with Crippen LogP contribution >= 0.6 is 0 Å². The Balaban J connectivity index is 1.69. The monoisotopic (exact) mass is 410 g/mol. The van der Waals surface area contributed by atoms with Crippen LogP contribution in [-0.2, 0) is 20.1 Å². The third-order valence-electron chi connectivity index (χ3n) is 5.72. The molecule has 2 aromatic carbocycles. The summed E-state index contributed by atoms with van der Waals surface area (Å²) in [7, 11) is 1.90. The van der Waals surface area contributed by atoms with E-state index >= 15 is 0 Å². The molecular weight excluding hydrogens is 388 g/mol. The number of carbonyl (C=O) groups is 1. The van der Waals surface area contributed by atoms with Crippen molar-refractivity contribution in [3.63, 3.8) is 0 Å². The molecule has 0 spiro atoms. The number of carboxylic acid groups (broad SMARTS) is 1. The molecule has 6 heteroatoms. The topological polar surface area (TPSA) is 71.2 Å². The number of aromatic carboxylic acids is 1. The van der Waals surface area contributed by atoms with Crippen molar-refractivity contribution < 1.29 is 9.90 Å². The van der Waals surface area contributed by atoms with Gasteiger partial charge in [0.2, 0.25) is 0 Å². The molecule has 0 saturated heterocycles. The summed E-state index contributed by atoms with van der Waals surface area (Å²) in [5.41, 5.74) is 5.71. The molecule has 6 nitrogen and oxygen atoms in total. The van der Waals surface area contributed by atoms with Crippen LogP contribution in [0.2, 0.25) is 0 Å². The van der Waals surface area contributed by atoms with E-state index in [0.29, 0.717) is 29.6 Å². The van der Waals surface area contributed by atoms with Gasteiger partial charge in [0.05, 0.1) is 22.5 Å². The summed E-state index contributed by atoms with van der Waals surface area (Å²) in [5.74, 6) is -0.920. The van der Waals surface area contributed by atoms with Crippen molar-refractivity contribution >= 4 is 28.5 Å². The van der Waals surface area contributed by atoms with Gasteiger partial charge < -0.3 is 5.11 Å². The number of carboxylic acids is 1. The van der Waals surface area contributed by atoms with Crippen molar-refractivity contribution in [1.82, 2.24) is 19.7 Å². The summed E-state index contributed by atoms with van der Waals surface area (Å²) in [6.07, 6.45) is 3.82. The number of aryl methyl sites for hydroxylation is 1. The van der Waals surface area contributed by atoms with Gasteiger partial charge in [-0.05, 0) is 29.3 Å². The zero-order chi connectivity index (χ0) is 21.4. The molecule has 3 heterocycles. The molecule has 0 radical (unpaired) electrons. The highest BCUT2D eigenvalue weighted by molar-refractivity contribution is 6.05. The lowest BCUT2D eigenvalue weighted by Crippen LogP contribution is -2.31. The number of hydrogen-bond donors (Lipinski definition) is 1. The Morgan fingerprint density at radius 1 is 1.06 bits per heavy atom. The fraction of sp³-hybridized carbons (Fsp3) is 0.160. The molecule has 154 valence electrons. The predicted octanol–water partition coefficient (Wildman–Crippen LogP) is 4.22. The number of benzene rings is 2. The second-order valence-corrected chi connectivity index (χ2v) is 7.82. The summed E-state index contributed by atoms with van der Waals surface area (Å²) in [6, 6.07) is 19.7. The largest absolute Gasteiger partial charge is 0.478 e. The number of aromatic nitrogens is 3. The molecular formula is C25H22N4O2. The van der Waals surface area contributed by atoms with E-state index in [9.17, 15) is 9.90 Å². The molecule has 0 atom stereocenters. The highest BCUT2D eigenvalue weighted by atomic mass is 16.4. The van der Waals surface area contributed by atoms with Crippen LogP contribution in [0.3, 0.4) is 0 Å². The Morgan fingerprint density at radius 2 is 1.84 bits per heavy atom. The standard InChI is InChI=1S/C25H22N4O2/c1-28-19(11-12-26-28)13-18-15-29(14-17-7-3-2-4-8-17)16-21-23(25(30)31)20-9-5-6-10-22(20)27-24(18)21/h2-13H,14-16H2,1H3,(H,30,31)/b18-13-. The molecule has 2 aromatic heterocycles. The van der Waals surface area contributed by atoms with Gasteiger partial charge in [0.25, 0.3) is 0 Å². The van der Waals surface area contributed by atoms with Gasteiger partial charge in [-0.25, -0.2) is 9.78 Å². The number of para-hydroxylation sites is 1. The van der Waals surface area contributed by atoms with E-state index in [4.69, 9.17) is 4.98 Å². The SMILES string of the molecule is Cn1nccc1/C=C1/CN(Cc2ccccc2)Cc2c1nc1ccccc1c2C(=O)O. The zero-order valence-electron chi connectivity index (χ0n) is 17.2. The van der Waals surface area contributed by atoms with Crippen LogP contribution < -0.4 is 0 Å². The first-order chi connectivity index (χ1) is 15.1. The molecule has 0 bridgehead atoms. The van der Waals surface area contributed by atoms with E-state index in [1.54, 1.807) is 6.20 Å². The van der Waals surface area contributed by atoms with E-state index in [1.165, 1.54) is 5.56 Å². The number of hydrogen-bond acceptors (Lipinski definition) is 4.